The van der Waals surface area contributed by atoms with Gasteiger partial charge >= 0.3 is 21.1 Å². The molecule has 18 heavy (non-hydrogen) atoms. The summed E-state index contributed by atoms with van der Waals surface area (Å²) in [6, 6.07) is 10.6. The molecule has 0 aliphatic heterocycles. The first-order chi connectivity index (χ1) is 8.15. The van der Waals surface area contributed by atoms with Gasteiger partial charge in [-0.2, -0.15) is 42.2 Å². The van der Waals surface area contributed by atoms with Crippen LogP contribution in [0.3, 0.4) is 0 Å². The maximum atomic E-state index is 10.8. The zero-order chi connectivity index (χ0) is 13.3. The number of hydrogen-bond donors (Lipinski definition) is 0. The Labute approximate surface area is 127 Å². The smallest absolute Gasteiger partial charge is 0.503 e. The van der Waals surface area contributed by atoms with Crippen molar-refractivity contribution in [2.75, 3.05) is 4.90 Å². The molecule has 0 aliphatic carbocycles. The fraction of sp³-hybridized carbons (Fsp3) is 0.308. The van der Waals surface area contributed by atoms with E-state index >= 15 is 0 Å². The molecule has 0 radical (unpaired) electrons. The Morgan fingerprint density at radius 2 is 2.06 bits per heavy atom. The molecule has 3 nitrogen and oxygen atoms in total. The molecule has 1 aromatic carbocycles. The normalized spacial score (nSPS) is 9.72. The Bertz CT molecular complexity index is 369. The Kier molecular flexibility index (Phi) is 12.7. The summed E-state index contributed by atoms with van der Waals surface area (Å²) in [6.07, 6.45) is 0. The van der Waals surface area contributed by atoms with Gasteiger partial charge in [0.25, 0.3) is 5.65 Å². The van der Waals surface area contributed by atoms with Crippen LogP contribution < -0.4 is 4.90 Å². The van der Waals surface area contributed by atoms with Crippen molar-refractivity contribution in [2.45, 2.75) is 27.7 Å². The minimum atomic E-state index is -0.282. The largest absolute Gasteiger partial charge is 2.00 e. The van der Waals surface area contributed by atoms with Crippen molar-refractivity contribution in [3.8, 4) is 0 Å². The van der Waals surface area contributed by atoms with Crippen LogP contribution in [-0.4, -0.2) is 11.5 Å². The molecule has 0 saturated heterocycles. The van der Waals surface area contributed by atoms with Crippen LogP contribution in [-0.2, 0) is 21.1 Å². The molecule has 1 rings (SSSR count). The SMILES string of the molecule is CC.C[CH-]N(C(C)=NC(=O)P)c1[c-]cccc1.[W+2]. The monoisotopic (exact) mass is 434 g/mol. The Hall–Kier alpha value is -0.522. The van der Waals surface area contributed by atoms with Gasteiger partial charge in [0.2, 0.25) is 0 Å². The summed E-state index contributed by atoms with van der Waals surface area (Å²) in [7, 11) is 2.03. The molecule has 0 aromatic heterocycles. The minimum absolute atomic E-state index is 0. The number of hydrogen-bond acceptors (Lipinski definition) is 1. The fourth-order valence-electron chi connectivity index (χ4n) is 1.25. The van der Waals surface area contributed by atoms with Crippen molar-refractivity contribution in [1.29, 1.82) is 0 Å². The predicted molar refractivity (Wildman–Crippen MR) is 77.3 cm³/mol. The van der Waals surface area contributed by atoms with Crippen LogP contribution in [0, 0.1) is 12.6 Å². The summed E-state index contributed by atoms with van der Waals surface area (Å²) in [5.41, 5.74) is 0.586. The molecule has 0 heterocycles. The Morgan fingerprint density at radius 1 is 1.44 bits per heavy atom. The second-order valence-electron chi connectivity index (χ2n) is 2.87. The van der Waals surface area contributed by atoms with Gasteiger partial charge in [-0.15, -0.1) is 5.69 Å². The van der Waals surface area contributed by atoms with Crippen molar-refractivity contribution < 1.29 is 25.9 Å². The molecule has 1 aromatic rings. The summed E-state index contributed by atoms with van der Waals surface area (Å²) in [4.78, 5) is 16.5. The van der Waals surface area contributed by atoms with Crippen LogP contribution in [0.4, 0.5) is 10.5 Å². The van der Waals surface area contributed by atoms with Crippen LogP contribution in [0.1, 0.15) is 27.7 Å². The van der Waals surface area contributed by atoms with Crippen LogP contribution in [0.15, 0.2) is 29.3 Å². The average Bonchev–Trinajstić information content (AvgIpc) is 2.33. The molecule has 0 saturated carbocycles. The van der Waals surface area contributed by atoms with Gasteiger partial charge in [0, 0.05) is 0 Å². The maximum Gasteiger partial charge on any atom is 2.00 e. The third-order valence-electron chi connectivity index (χ3n) is 1.83. The summed E-state index contributed by atoms with van der Waals surface area (Å²) >= 11 is 0. The number of aliphatic imine (C=N–C) groups is 1. The number of para-hydroxylation sites is 1. The van der Waals surface area contributed by atoms with E-state index in [1.54, 1.807) is 6.92 Å². The van der Waals surface area contributed by atoms with Gasteiger partial charge in [-0.05, 0) is 16.2 Å². The molecule has 5 heteroatoms. The number of carbonyl (C=O) groups excluding carboxylic acids is 1. The number of anilines is 1. The molecule has 0 fully saturated rings. The zero-order valence-corrected chi connectivity index (χ0v) is 15.3. The summed E-state index contributed by atoms with van der Waals surface area (Å²) in [6.45, 7) is 9.51. The van der Waals surface area contributed by atoms with Gasteiger partial charge < -0.3 is 4.90 Å². The van der Waals surface area contributed by atoms with E-state index in [0.29, 0.717) is 5.84 Å². The first-order valence-electron chi connectivity index (χ1n) is 5.55. The van der Waals surface area contributed by atoms with E-state index in [0.717, 1.165) is 5.69 Å². The van der Waals surface area contributed by atoms with E-state index in [1.807, 2.05) is 65.7 Å². The van der Waals surface area contributed by atoms with Crippen LogP contribution in [0.5, 0.6) is 0 Å². The van der Waals surface area contributed by atoms with E-state index in [2.05, 4.69) is 11.1 Å². The predicted octanol–water partition coefficient (Wildman–Crippen LogP) is 3.91. The number of amides is 1. The van der Waals surface area contributed by atoms with E-state index in [9.17, 15) is 4.79 Å². The second-order valence-corrected chi connectivity index (χ2v) is 3.37. The number of amidine groups is 1. The Morgan fingerprint density at radius 3 is 2.44 bits per heavy atom. The molecule has 1 atom stereocenters. The van der Waals surface area contributed by atoms with Gasteiger partial charge in [-0.3, -0.25) is 4.79 Å². The van der Waals surface area contributed by atoms with Gasteiger partial charge in [-0.1, -0.05) is 13.8 Å². The van der Waals surface area contributed by atoms with Crippen molar-refractivity contribution >= 4 is 26.4 Å². The zero-order valence-electron chi connectivity index (χ0n) is 11.2. The van der Waals surface area contributed by atoms with Gasteiger partial charge in [-0.25, -0.2) is 6.54 Å². The molecule has 0 bridgehead atoms. The van der Waals surface area contributed by atoms with E-state index in [4.69, 9.17) is 0 Å². The molecule has 0 N–H and O–H groups in total. The van der Waals surface area contributed by atoms with Gasteiger partial charge in [0.05, 0.1) is 5.84 Å². The number of benzene rings is 1. The molecule has 0 spiro atoms. The molecule has 1 unspecified atom stereocenters. The topological polar surface area (TPSA) is 32.7 Å². The van der Waals surface area contributed by atoms with E-state index in [1.165, 1.54) is 0 Å². The van der Waals surface area contributed by atoms with Crippen LogP contribution >= 0.6 is 9.24 Å². The molecular weight excluding hydrogens is 415 g/mol. The summed E-state index contributed by atoms with van der Waals surface area (Å²) < 4.78 is 0. The standard InChI is InChI=1S/C11H13N2OP.C2H6.W/c1-3-13(9(2)12-11(14)15)10-7-5-4-6-8-10;1-2;/h3-7H,15H2,1-2H3;1-2H3;/q-2;;+2. The molecular formula is C13H19N2OPW. The van der Waals surface area contributed by atoms with Crippen molar-refractivity contribution in [1.82, 2.24) is 0 Å². The molecule has 98 valence electrons. The Balaban J connectivity index is 0. The number of rotatable bonds is 2. The first-order valence-corrected chi connectivity index (χ1v) is 6.13. The van der Waals surface area contributed by atoms with Crippen molar-refractivity contribution in [3.63, 3.8) is 0 Å². The molecule has 0 aliphatic rings. The van der Waals surface area contributed by atoms with Crippen molar-refractivity contribution in [3.05, 3.63) is 36.9 Å². The van der Waals surface area contributed by atoms with Crippen LogP contribution in [0.2, 0.25) is 0 Å². The third kappa shape index (κ3) is 7.03. The maximum absolute atomic E-state index is 10.8. The van der Waals surface area contributed by atoms with E-state index < -0.39 is 0 Å². The number of nitrogens with zero attached hydrogens (tertiary/aromatic N) is 2. The molecule has 1 amide bonds. The van der Waals surface area contributed by atoms with Gasteiger partial charge in [0.1, 0.15) is 0 Å². The number of carbonyl (C=O) groups is 1. The third-order valence-corrected chi connectivity index (χ3v) is 1.96. The van der Waals surface area contributed by atoms with Gasteiger partial charge in [0.15, 0.2) is 0 Å². The quantitative estimate of drug-likeness (QED) is 0.306. The minimum Gasteiger partial charge on any atom is -0.503 e. The van der Waals surface area contributed by atoms with Crippen molar-refractivity contribution in [2.24, 2.45) is 4.99 Å². The summed E-state index contributed by atoms with van der Waals surface area (Å²) in [5.74, 6) is 0.625. The van der Waals surface area contributed by atoms with Crippen LogP contribution in [0.25, 0.3) is 0 Å². The first kappa shape index (κ1) is 19.8. The second kappa shape index (κ2) is 11.6. The fourth-order valence-corrected chi connectivity index (χ4v) is 1.43. The van der Waals surface area contributed by atoms with E-state index in [-0.39, 0.29) is 26.7 Å². The summed E-state index contributed by atoms with van der Waals surface area (Å²) in [5, 5.41) is 0. The average molecular weight is 434 g/mol.